The average Bonchev–Trinajstić information content (AvgIpc) is 3.17. The van der Waals surface area contributed by atoms with E-state index in [1.54, 1.807) is 0 Å². The van der Waals surface area contributed by atoms with Gasteiger partial charge in [-0.15, -0.1) is 0 Å². The average molecular weight is 294 g/mol. The van der Waals surface area contributed by atoms with Gasteiger partial charge in [-0.1, -0.05) is 13.8 Å². The number of esters is 1. The number of nitrogens with one attached hydrogen (secondary N) is 1. The SMILES string of the molecule is CCOC(=O)C(C)(Cn1nc(CC)nc1CC)NC1CC1. The van der Waals surface area contributed by atoms with Gasteiger partial charge in [-0.05, 0) is 26.7 Å². The van der Waals surface area contributed by atoms with Gasteiger partial charge in [-0.25, -0.2) is 14.5 Å². The van der Waals surface area contributed by atoms with Crippen molar-refractivity contribution in [3.05, 3.63) is 11.6 Å². The molecule has 0 aromatic carbocycles. The normalized spacial score (nSPS) is 17.5. The van der Waals surface area contributed by atoms with Crippen LogP contribution in [-0.2, 0) is 28.9 Å². The minimum atomic E-state index is -0.750. The van der Waals surface area contributed by atoms with Gasteiger partial charge in [0.15, 0.2) is 5.82 Å². The molecule has 1 heterocycles. The van der Waals surface area contributed by atoms with Crippen molar-refractivity contribution in [1.29, 1.82) is 0 Å². The molecule has 1 fully saturated rings. The van der Waals surface area contributed by atoms with Crippen molar-refractivity contribution in [2.75, 3.05) is 6.61 Å². The second-order valence-electron chi connectivity index (χ2n) is 5.78. The molecule has 1 aliphatic carbocycles. The van der Waals surface area contributed by atoms with Crippen molar-refractivity contribution < 1.29 is 9.53 Å². The highest BCUT2D eigenvalue weighted by Gasteiger charge is 2.40. The molecule has 1 aromatic heterocycles. The maximum absolute atomic E-state index is 12.4. The van der Waals surface area contributed by atoms with Gasteiger partial charge in [0.2, 0.25) is 0 Å². The van der Waals surface area contributed by atoms with Crippen LogP contribution in [0.2, 0.25) is 0 Å². The van der Waals surface area contributed by atoms with Crippen molar-refractivity contribution in [2.24, 2.45) is 0 Å². The number of aryl methyl sites for hydroxylation is 2. The van der Waals surface area contributed by atoms with Gasteiger partial charge in [0.1, 0.15) is 11.4 Å². The van der Waals surface area contributed by atoms with Crippen molar-refractivity contribution in [1.82, 2.24) is 20.1 Å². The van der Waals surface area contributed by atoms with Crippen LogP contribution >= 0.6 is 0 Å². The minimum Gasteiger partial charge on any atom is -0.465 e. The molecule has 0 saturated heterocycles. The standard InChI is InChI=1S/C15H26N4O2/c1-5-12-16-13(6-2)19(18-12)10-15(4,14(20)21-7-3)17-11-8-9-11/h11,17H,5-10H2,1-4H3. The van der Waals surface area contributed by atoms with Crippen LogP contribution in [0.1, 0.15) is 52.2 Å². The van der Waals surface area contributed by atoms with E-state index in [-0.39, 0.29) is 5.97 Å². The van der Waals surface area contributed by atoms with Crippen LogP contribution in [-0.4, -0.2) is 38.9 Å². The molecule has 1 N–H and O–H groups in total. The molecule has 1 atom stereocenters. The first-order valence-electron chi connectivity index (χ1n) is 7.89. The van der Waals surface area contributed by atoms with Crippen LogP contribution in [0.4, 0.5) is 0 Å². The van der Waals surface area contributed by atoms with E-state index in [2.05, 4.69) is 22.3 Å². The molecule has 0 spiro atoms. The van der Waals surface area contributed by atoms with Crippen LogP contribution in [0.5, 0.6) is 0 Å². The molecule has 118 valence electrons. The van der Waals surface area contributed by atoms with Crippen molar-refractivity contribution >= 4 is 5.97 Å². The van der Waals surface area contributed by atoms with Crippen molar-refractivity contribution in [2.45, 2.75) is 71.5 Å². The fourth-order valence-electron chi connectivity index (χ4n) is 2.40. The Kier molecular flexibility index (Phi) is 4.98. The van der Waals surface area contributed by atoms with Crippen LogP contribution in [0, 0.1) is 0 Å². The number of rotatable bonds is 8. The molecular formula is C15H26N4O2. The summed E-state index contributed by atoms with van der Waals surface area (Å²) < 4.78 is 7.10. The Bertz CT molecular complexity index is 496. The fraction of sp³-hybridized carbons (Fsp3) is 0.800. The molecule has 1 unspecified atom stereocenters. The van der Waals surface area contributed by atoms with E-state index >= 15 is 0 Å². The number of ether oxygens (including phenoxy) is 1. The highest BCUT2D eigenvalue weighted by Crippen LogP contribution is 2.24. The molecule has 21 heavy (non-hydrogen) atoms. The molecule has 0 radical (unpaired) electrons. The van der Waals surface area contributed by atoms with Gasteiger partial charge in [0.05, 0.1) is 13.2 Å². The first-order valence-corrected chi connectivity index (χ1v) is 7.89. The van der Waals surface area contributed by atoms with Crippen molar-refractivity contribution in [3.63, 3.8) is 0 Å². The van der Waals surface area contributed by atoms with Gasteiger partial charge in [0, 0.05) is 18.9 Å². The number of nitrogens with zero attached hydrogens (tertiary/aromatic N) is 3. The zero-order valence-electron chi connectivity index (χ0n) is 13.5. The Morgan fingerprint density at radius 1 is 1.38 bits per heavy atom. The van der Waals surface area contributed by atoms with Gasteiger partial charge in [0.25, 0.3) is 0 Å². The molecular weight excluding hydrogens is 268 g/mol. The number of aromatic nitrogens is 3. The second-order valence-corrected chi connectivity index (χ2v) is 5.78. The number of carbonyl (C=O) groups excluding carboxylic acids is 1. The van der Waals surface area contributed by atoms with Gasteiger partial charge < -0.3 is 4.74 Å². The highest BCUT2D eigenvalue weighted by atomic mass is 16.5. The summed E-state index contributed by atoms with van der Waals surface area (Å²) >= 11 is 0. The third kappa shape index (κ3) is 3.81. The lowest BCUT2D eigenvalue weighted by atomic mass is 10.0. The quantitative estimate of drug-likeness (QED) is 0.735. The van der Waals surface area contributed by atoms with Gasteiger partial charge >= 0.3 is 5.97 Å². The number of hydrogen-bond acceptors (Lipinski definition) is 5. The molecule has 2 rings (SSSR count). The summed E-state index contributed by atoms with van der Waals surface area (Å²) in [7, 11) is 0. The third-order valence-electron chi connectivity index (χ3n) is 3.72. The maximum Gasteiger partial charge on any atom is 0.327 e. The Balaban J connectivity index is 2.20. The zero-order chi connectivity index (χ0) is 15.5. The smallest absolute Gasteiger partial charge is 0.327 e. The van der Waals surface area contributed by atoms with Crippen LogP contribution < -0.4 is 5.32 Å². The summed E-state index contributed by atoms with van der Waals surface area (Å²) in [5, 5.41) is 7.93. The van der Waals surface area contributed by atoms with Gasteiger partial charge in [-0.3, -0.25) is 5.32 Å². The molecule has 0 bridgehead atoms. The van der Waals surface area contributed by atoms with Gasteiger partial charge in [-0.2, -0.15) is 5.10 Å². The molecule has 1 saturated carbocycles. The van der Waals surface area contributed by atoms with E-state index in [0.29, 0.717) is 19.2 Å². The van der Waals surface area contributed by atoms with Crippen molar-refractivity contribution in [3.8, 4) is 0 Å². The van der Waals surface area contributed by atoms with E-state index in [9.17, 15) is 4.79 Å². The van der Waals surface area contributed by atoms with Crippen LogP contribution in [0.3, 0.4) is 0 Å². The number of carbonyl (C=O) groups is 1. The highest BCUT2D eigenvalue weighted by molar-refractivity contribution is 5.80. The monoisotopic (exact) mass is 294 g/mol. The summed E-state index contributed by atoms with van der Waals surface area (Å²) in [5.74, 6) is 1.52. The van der Waals surface area contributed by atoms with E-state index < -0.39 is 5.54 Å². The third-order valence-corrected chi connectivity index (χ3v) is 3.72. The maximum atomic E-state index is 12.4. The zero-order valence-corrected chi connectivity index (χ0v) is 13.5. The van der Waals surface area contributed by atoms with E-state index in [0.717, 1.165) is 37.3 Å². The summed E-state index contributed by atoms with van der Waals surface area (Å²) in [6, 6.07) is 0.415. The Labute approximate surface area is 126 Å². The lowest BCUT2D eigenvalue weighted by Crippen LogP contribution is -2.54. The number of hydrogen-bond donors (Lipinski definition) is 1. The lowest BCUT2D eigenvalue weighted by Gasteiger charge is -2.29. The molecule has 0 aliphatic heterocycles. The summed E-state index contributed by atoms with van der Waals surface area (Å²) in [6.45, 7) is 8.66. The molecule has 0 amide bonds. The molecule has 6 heteroatoms. The fourth-order valence-corrected chi connectivity index (χ4v) is 2.40. The topological polar surface area (TPSA) is 69.0 Å². The summed E-state index contributed by atoms with van der Waals surface area (Å²) in [4.78, 5) is 16.9. The largest absolute Gasteiger partial charge is 0.465 e. The Morgan fingerprint density at radius 2 is 2.10 bits per heavy atom. The lowest BCUT2D eigenvalue weighted by molar-refractivity contribution is -0.151. The molecule has 6 nitrogen and oxygen atoms in total. The van der Waals surface area contributed by atoms with E-state index in [4.69, 9.17) is 4.74 Å². The second kappa shape index (κ2) is 6.56. The van der Waals surface area contributed by atoms with Crippen LogP contribution in [0.15, 0.2) is 0 Å². The minimum absolute atomic E-state index is 0.215. The molecule has 1 aliphatic rings. The Hall–Kier alpha value is -1.43. The summed E-state index contributed by atoms with van der Waals surface area (Å²) in [6.07, 6.45) is 3.84. The molecule has 1 aromatic rings. The predicted molar refractivity (Wildman–Crippen MR) is 80.0 cm³/mol. The Morgan fingerprint density at radius 3 is 2.62 bits per heavy atom. The summed E-state index contributed by atoms with van der Waals surface area (Å²) in [5.41, 5.74) is -0.750. The van der Waals surface area contributed by atoms with E-state index in [1.165, 1.54) is 0 Å². The predicted octanol–water partition coefficient (Wildman–Crippen LogP) is 1.48. The van der Waals surface area contributed by atoms with Crippen LogP contribution in [0.25, 0.3) is 0 Å². The van der Waals surface area contributed by atoms with E-state index in [1.807, 2.05) is 25.5 Å². The first kappa shape index (κ1) is 15.9. The first-order chi connectivity index (χ1) is 10.0.